The molecule has 8 heteroatoms. The molecule has 0 bridgehead atoms. The van der Waals surface area contributed by atoms with Crippen molar-refractivity contribution in [2.24, 2.45) is 5.92 Å². The van der Waals surface area contributed by atoms with Gasteiger partial charge in [0, 0.05) is 19.0 Å². The first-order valence-electron chi connectivity index (χ1n) is 10.5. The van der Waals surface area contributed by atoms with Gasteiger partial charge in [0.2, 0.25) is 11.8 Å². The highest BCUT2D eigenvalue weighted by molar-refractivity contribution is 7.19. The van der Waals surface area contributed by atoms with Crippen molar-refractivity contribution in [3.8, 4) is 11.1 Å². The lowest BCUT2D eigenvalue weighted by molar-refractivity contribution is -0.120. The summed E-state index contributed by atoms with van der Waals surface area (Å²) in [6.07, 6.45) is 7.25. The van der Waals surface area contributed by atoms with Crippen molar-refractivity contribution in [1.29, 1.82) is 0 Å². The van der Waals surface area contributed by atoms with E-state index < -0.39 is 0 Å². The topological polar surface area (TPSA) is 82.6 Å². The molecule has 2 aromatic rings. The van der Waals surface area contributed by atoms with Gasteiger partial charge in [-0.1, -0.05) is 11.3 Å². The summed E-state index contributed by atoms with van der Waals surface area (Å²) in [4.78, 5) is 21.0. The maximum absolute atomic E-state index is 11.0. The molecule has 0 radical (unpaired) electrons. The van der Waals surface area contributed by atoms with Gasteiger partial charge in [0.15, 0.2) is 4.83 Å². The maximum Gasteiger partial charge on any atom is 0.276 e. The fourth-order valence-electron chi connectivity index (χ4n) is 3.88. The lowest BCUT2D eigenvalue weighted by Gasteiger charge is -2.35. The van der Waals surface area contributed by atoms with Crippen LogP contribution in [0, 0.1) is 5.92 Å². The maximum atomic E-state index is 11.0. The van der Waals surface area contributed by atoms with E-state index in [4.69, 9.17) is 14.2 Å². The average Bonchev–Trinajstić information content (AvgIpc) is 3.28. The van der Waals surface area contributed by atoms with Crippen molar-refractivity contribution in [2.75, 3.05) is 13.2 Å². The van der Waals surface area contributed by atoms with Gasteiger partial charge >= 0.3 is 0 Å². The van der Waals surface area contributed by atoms with Crippen LogP contribution in [-0.2, 0) is 9.53 Å². The van der Waals surface area contributed by atoms with E-state index in [1.165, 1.54) is 31.1 Å². The molecule has 29 heavy (non-hydrogen) atoms. The standard InChI is InChI=1S/C21H29N3O4S/c1-13(22-14(2)25)11-26-17-9-15(10-17)12-27-19-8-7-18-20(24-19)29-21(23-18)28-16-5-3-4-6-16/h7-8,13,15-17H,3-6,9-12H2,1-2H3,(H,22,25)/t13-,15-,17-/m0/s1. The van der Waals surface area contributed by atoms with Gasteiger partial charge in [-0.05, 0) is 57.4 Å². The predicted molar refractivity (Wildman–Crippen MR) is 112 cm³/mol. The average molecular weight is 420 g/mol. The molecule has 7 nitrogen and oxygen atoms in total. The van der Waals surface area contributed by atoms with Crippen molar-refractivity contribution in [2.45, 2.75) is 70.6 Å². The summed E-state index contributed by atoms with van der Waals surface area (Å²) < 4.78 is 17.7. The zero-order valence-electron chi connectivity index (χ0n) is 17.1. The third-order valence-corrected chi connectivity index (χ3v) is 6.33. The summed E-state index contributed by atoms with van der Waals surface area (Å²) >= 11 is 1.49. The Balaban J connectivity index is 1.20. The smallest absolute Gasteiger partial charge is 0.276 e. The second-order valence-corrected chi connectivity index (χ2v) is 9.12. The minimum Gasteiger partial charge on any atom is -0.477 e. The fourth-order valence-corrected chi connectivity index (χ4v) is 4.73. The van der Waals surface area contributed by atoms with Gasteiger partial charge in [-0.25, -0.2) is 9.97 Å². The first-order chi connectivity index (χ1) is 14.0. The van der Waals surface area contributed by atoms with Crippen LogP contribution in [0.1, 0.15) is 52.4 Å². The van der Waals surface area contributed by atoms with Gasteiger partial charge < -0.3 is 19.5 Å². The van der Waals surface area contributed by atoms with Crippen molar-refractivity contribution >= 4 is 27.6 Å². The summed E-state index contributed by atoms with van der Waals surface area (Å²) in [5.74, 6) is 1.09. The highest BCUT2D eigenvalue weighted by atomic mass is 32.1. The molecule has 2 aliphatic carbocycles. The Morgan fingerprint density at radius 1 is 1.24 bits per heavy atom. The number of pyridine rings is 1. The Kier molecular flexibility index (Phi) is 6.50. The van der Waals surface area contributed by atoms with E-state index in [1.54, 1.807) is 0 Å². The molecule has 0 saturated heterocycles. The number of hydrogen-bond donors (Lipinski definition) is 1. The van der Waals surface area contributed by atoms with Crippen LogP contribution in [0.4, 0.5) is 0 Å². The number of rotatable bonds is 9. The molecule has 2 aromatic heterocycles. The highest BCUT2D eigenvalue weighted by Crippen LogP contribution is 2.33. The van der Waals surface area contributed by atoms with Gasteiger partial charge in [-0.2, -0.15) is 0 Å². The molecular formula is C21H29N3O4S. The Morgan fingerprint density at radius 2 is 2.03 bits per heavy atom. The molecule has 1 atom stereocenters. The molecule has 2 saturated carbocycles. The number of nitrogens with one attached hydrogen (secondary N) is 1. The number of nitrogens with zero attached hydrogens (tertiary/aromatic N) is 2. The number of aromatic nitrogens is 2. The van der Waals surface area contributed by atoms with Crippen LogP contribution in [0.3, 0.4) is 0 Å². The van der Waals surface area contributed by atoms with E-state index in [2.05, 4.69) is 15.3 Å². The predicted octanol–water partition coefficient (Wildman–Crippen LogP) is 3.71. The van der Waals surface area contributed by atoms with Gasteiger partial charge in [0.1, 0.15) is 11.6 Å². The summed E-state index contributed by atoms with van der Waals surface area (Å²) in [6.45, 7) is 4.66. The minimum absolute atomic E-state index is 0.0244. The second-order valence-electron chi connectivity index (χ2n) is 8.18. The third kappa shape index (κ3) is 5.57. The van der Waals surface area contributed by atoms with Gasteiger partial charge in [0.25, 0.3) is 5.19 Å². The van der Waals surface area contributed by atoms with E-state index in [9.17, 15) is 4.79 Å². The Bertz CT molecular complexity index is 830. The number of fused-ring (bicyclic) bond motifs is 1. The van der Waals surface area contributed by atoms with Crippen LogP contribution in [0.5, 0.6) is 11.1 Å². The van der Waals surface area contributed by atoms with Gasteiger partial charge in [-0.15, -0.1) is 0 Å². The Hall–Kier alpha value is -1.93. The summed E-state index contributed by atoms with van der Waals surface area (Å²) in [6, 6.07) is 3.87. The number of amides is 1. The second kappa shape index (κ2) is 9.26. The molecule has 0 aromatic carbocycles. The number of carbonyl (C=O) groups excluding carboxylic acids is 1. The van der Waals surface area contributed by atoms with E-state index in [0.717, 1.165) is 36.0 Å². The highest BCUT2D eigenvalue weighted by Gasteiger charge is 2.31. The van der Waals surface area contributed by atoms with Crippen molar-refractivity contribution in [3.63, 3.8) is 0 Å². The lowest BCUT2D eigenvalue weighted by atomic mass is 9.83. The molecule has 4 rings (SSSR count). The molecule has 2 aliphatic rings. The van der Waals surface area contributed by atoms with Crippen molar-refractivity contribution < 1.29 is 19.0 Å². The number of carbonyl (C=O) groups is 1. The van der Waals surface area contributed by atoms with Crippen LogP contribution in [0.2, 0.25) is 0 Å². The van der Waals surface area contributed by atoms with E-state index in [0.29, 0.717) is 36.3 Å². The first kappa shape index (κ1) is 20.3. The molecule has 2 heterocycles. The molecule has 1 amide bonds. The fraction of sp³-hybridized carbons (Fsp3) is 0.667. The normalized spacial score (nSPS) is 23.0. The Labute approximate surface area is 175 Å². The molecule has 1 N–H and O–H groups in total. The molecule has 158 valence electrons. The number of thiazole rings is 1. The van der Waals surface area contributed by atoms with Gasteiger partial charge in [-0.3, -0.25) is 4.79 Å². The zero-order valence-corrected chi connectivity index (χ0v) is 17.9. The van der Waals surface area contributed by atoms with Crippen LogP contribution in [0.25, 0.3) is 10.3 Å². The van der Waals surface area contributed by atoms with Crippen LogP contribution in [-0.4, -0.2) is 47.3 Å². The monoisotopic (exact) mass is 419 g/mol. The molecule has 2 fully saturated rings. The SMILES string of the molecule is CC(=O)N[C@@H](C)CO[C@H]1C[C@H](COc2ccc3nc(OC4CCCC4)sc3n2)C1. The molecule has 0 unspecified atom stereocenters. The molecule has 0 aliphatic heterocycles. The largest absolute Gasteiger partial charge is 0.477 e. The summed E-state index contributed by atoms with van der Waals surface area (Å²) in [7, 11) is 0. The van der Waals surface area contributed by atoms with Crippen LogP contribution in [0.15, 0.2) is 12.1 Å². The summed E-state index contributed by atoms with van der Waals surface area (Å²) in [5, 5.41) is 3.54. The first-order valence-corrected chi connectivity index (χ1v) is 11.3. The molecular weight excluding hydrogens is 390 g/mol. The van der Waals surface area contributed by atoms with E-state index in [-0.39, 0.29) is 18.1 Å². The number of ether oxygens (including phenoxy) is 3. The molecule has 0 spiro atoms. The van der Waals surface area contributed by atoms with Crippen molar-refractivity contribution in [3.05, 3.63) is 12.1 Å². The van der Waals surface area contributed by atoms with Crippen LogP contribution < -0.4 is 14.8 Å². The Morgan fingerprint density at radius 3 is 2.79 bits per heavy atom. The van der Waals surface area contributed by atoms with Crippen LogP contribution >= 0.6 is 11.3 Å². The number of hydrogen-bond acceptors (Lipinski definition) is 7. The third-order valence-electron chi connectivity index (χ3n) is 5.47. The quantitative estimate of drug-likeness (QED) is 0.667. The van der Waals surface area contributed by atoms with E-state index >= 15 is 0 Å². The zero-order chi connectivity index (χ0) is 20.2. The lowest BCUT2D eigenvalue weighted by Crippen LogP contribution is -2.40. The summed E-state index contributed by atoms with van der Waals surface area (Å²) in [5.41, 5.74) is 0.862. The van der Waals surface area contributed by atoms with Gasteiger partial charge in [0.05, 0.1) is 19.3 Å². The van der Waals surface area contributed by atoms with Crippen molar-refractivity contribution in [1.82, 2.24) is 15.3 Å². The minimum atomic E-state index is -0.0244. The van der Waals surface area contributed by atoms with E-state index in [1.807, 2.05) is 19.1 Å².